The first-order valence-corrected chi connectivity index (χ1v) is 7.72. The molecule has 1 aromatic carbocycles. The van der Waals surface area contributed by atoms with Gasteiger partial charge in [0, 0.05) is 17.5 Å². The second-order valence-corrected chi connectivity index (χ2v) is 6.24. The van der Waals surface area contributed by atoms with Crippen molar-refractivity contribution in [3.63, 3.8) is 0 Å². The number of hydrogen-bond acceptors (Lipinski definition) is 4. The van der Waals surface area contributed by atoms with Crippen LogP contribution in [-0.2, 0) is 6.54 Å². The number of carboxylic acids is 1. The molecule has 1 aliphatic carbocycles. The summed E-state index contributed by atoms with van der Waals surface area (Å²) in [6.45, 7) is 0.656. The van der Waals surface area contributed by atoms with E-state index in [4.69, 9.17) is 4.98 Å². The minimum atomic E-state index is -0.910. The molecule has 0 saturated heterocycles. The molecule has 1 N–H and O–H groups in total. The van der Waals surface area contributed by atoms with Crippen molar-refractivity contribution in [2.75, 3.05) is 0 Å². The number of hydrogen-bond donors (Lipinski definition) is 1. The Morgan fingerprint density at radius 1 is 1.43 bits per heavy atom. The zero-order valence-electron chi connectivity index (χ0n) is 11.2. The van der Waals surface area contributed by atoms with Gasteiger partial charge in [0.15, 0.2) is 0 Å². The number of fused-ring (bicyclic) bond motifs is 1. The van der Waals surface area contributed by atoms with Crippen molar-refractivity contribution >= 4 is 28.3 Å². The van der Waals surface area contributed by atoms with Gasteiger partial charge in [0.1, 0.15) is 10.8 Å². The van der Waals surface area contributed by atoms with E-state index in [1.165, 1.54) is 0 Å². The molecule has 21 heavy (non-hydrogen) atoms. The fraction of sp³-hybridized carbons (Fsp3) is 0.267. The number of aromatic nitrogens is 3. The summed E-state index contributed by atoms with van der Waals surface area (Å²) in [7, 11) is 0. The molecule has 1 aliphatic rings. The lowest BCUT2D eigenvalue weighted by molar-refractivity contribution is 0.0697. The van der Waals surface area contributed by atoms with Crippen molar-refractivity contribution in [3.8, 4) is 0 Å². The first-order chi connectivity index (χ1) is 10.2. The Balaban J connectivity index is 1.88. The number of benzene rings is 1. The van der Waals surface area contributed by atoms with Gasteiger partial charge in [-0.1, -0.05) is 0 Å². The van der Waals surface area contributed by atoms with Crippen molar-refractivity contribution in [1.29, 1.82) is 0 Å². The van der Waals surface area contributed by atoms with Gasteiger partial charge in [-0.2, -0.15) is 0 Å². The third-order valence-electron chi connectivity index (χ3n) is 3.74. The van der Waals surface area contributed by atoms with Crippen LogP contribution < -0.4 is 0 Å². The molecule has 0 bridgehead atoms. The second-order valence-electron chi connectivity index (χ2n) is 5.26. The van der Waals surface area contributed by atoms with E-state index in [1.54, 1.807) is 35.7 Å². The third-order valence-corrected chi connectivity index (χ3v) is 4.51. The van der Waals surface area contributed by atoms with Crippen molar-refractivity contribution in [1.82, 2.24) is 14.5 Å². The van der Waals surface area contributed by atoms with Crippen LogP contribution in [0.2, 0.25) is 0 Å². The minimum absolute atomic E-state index is 0.296. The lowest BCUT2D eigenvalue weighted by atomic mass is 10.2. The molecule has 4 rings (SSSR count). The van der Waals surface area contributed by atoms with E-state index in [0.717, 1.165) is 34.7 Å². The van der Waals surface area contributed by atoms with E-state index in [0.29, 0.717) is 18.0 Å². The molecule has 0 atom stereocenters. The standard InChI is InChI=1S/C15H13N3O2S/c19-15(20)10-3-4-11-12(7-10)18(8-13-16-5-6-21-13)14(17-11)9-1-2-9/h3-7,9H,1-2,8H2,(H,19,20). The maximum Gasteiger partial charge on any atom is 0.335 e. The van der Waals surface area contributed by atoms with Crippen molar-refractivity contribution in [2.24, 2.45) is 0 Å². The van der Waals surface area contributed by atoms with Crippen LogP contribution in [0.25, 0.3) is 11.0 Å². The van der Waals surface area contributed by atoms with Crippen LogP contribution in [0.15, 0.2) is 29.8 Å². The molecule has 2 aromatic heterocycles. The number of imidazole rings is 1. The Bertz CT molecular complexity index is 819. The Morgan fingerprint density at radius 3 is 2.95 bits per heavy atom. The number of carbonyl (C=O) groups is 1. The number of aromatic carboxylic acids is 1. The summed E-state index contributed by atoms with van der Waals surface area (Å²) in [6, 6.07) is 5.12. The molecule has 5 nitrogen and oxygen atoms in total. The van der Waals surface area contributed by atoms with E-state index in [-0.39, 0.29) is 0 Å². The van der Waals surface area contributed by atoms with E-state index in [1.807, 2.05) is 5.38 Å². The molecular formula is C15H13N3O2S. The van der Waals surface area contributed by atoms with Gasteiger partial charge in [-0.15, -0.1) is 11.3 Å². The van der Waals surface area contributed by atoms with Gasteiger partial charge in [-0.05, 0) is 31.0 Å². The zero-order chi connectivity index (χ0) is 14.4. The SMILES string of the molecule is O=C(O)c1ccc2nc(C3CC3)n(Cc3nccs3)c2c1. The number of carboxylic acid groups (broad SMARTS) is 1. The smallest absolute Gasteiger partial charge is 0.335 e. The molecule has 1 fully saturated rings. The zero-order valence-corrected chi connectivity index (χ0v) is 12.0. The highest BCUT2D eigenvalue weighted by atomic mass is 32.1. The summed E-state index contributed by atoms with van der Waals surface area (Å²) < 4.78 is 2.12. The predicted molar refractivity (Wildman–Crippen MR) is 79.9 cm³/mol. The Morgan fingerprint density at radius 2 is 2.29 bits per heavy atom. The molecule has 0 aliphatic heterocycles. The van der Waals surface area contributed by atoms with Gasteiger partial charge >= 0.3 is 5.97 Å². The Hall–Kier alpha value is -2.21. The van der Waals surface area contributed by atoms with E-state index in [9.17, 15) is 9.90 Å². The van der Waals surface area contributed by atoms with Crippen LogP contribution in [-0.4, -0.2) is 25.6 Å². The fourth-order valence-corrected chi connectivity index (χ4v) is 3.16. The molecule has 0 unspecified atom stereocenters. The van der Waals surface area contributed by atoms with Crippen LogP contribution in [0.3, 0.4) is 0 Å². The second kappa shape index (κ2) is 4.66. The quantitative estimate of drug-likeness (QED) is 0.803. The molecule has 0 spiro atoms. The Kier molecular flexibility index (Phi) is 2.78. The normalized spacial score (nSPS) is 14.7. The fourth-order valence-electron chi connectivity index (χ4n) is 2.56. The van der Waals surface area contributed by atoms with Crippen LogP contribution in [0.1, 0.15) is 39.9 Å². The first-order valence-electron chi connectivity index (χ1n) is 6.84. The molecular weight excluding hydrogens is 286 g/mol. The molecule has 106 valence electrons. The molecule has 1 saturated carbocycles. The lowest BCUT2D eigenvalue weighted by Crippen LogP contribution is -2.04. The molecule has 3 aromatic rings. The summed E-state index contributed by atoms with van der Waals surface area (Å²) >= 11 is 1.60. The van der Waals surface area contributed by atoms with Gasteiger partial charge < -0.3 is 9.67 Å². The molecule has 0 amide bonds. The summed E-state index contributed by atoms with van der Waals surface area (Å²) in [4.78, 5) is 20.2. The largest absolute Gasteiger partial charge is 0.478 e. The van der Waals surface area contributed by atoms with Crippen LogP contribution in [0, 0.1) is 0 Å². The van der Waals surface area contributed by atoms with Crippen molar-refractivity contribution < 1.29 is 9.90 Å². The number of thiazole rings is 1. The maximum absolute atomic E-state index is 11.2. The van der Waals surface area contributed by atoms with Gasteiger partial charge in [-0.25, -0.2) is 14.8 Å². The summed E-state index contributed by atoms with van der Waals surface area (Å²) in [5, 5.41) is 12.1. The summed E-state index contributed by atoms with van der Waals surface area (Å²) in [6.07, 6.45) is 4.11. The lowest BCUT2D eigenvalue weighted by Gasteiger charge is -2.06. The van der Waals surface area contributed by atoms with Gasteiger partial charge in [0.2, 0.25) is 0 Å². The Labute approximate surface area is 124 Å². The average molecular weight is 299 g/mol. The van der Waals surface area contributed by atoms with Gasteiger partial charge in [0.05, 0.1) is 23.1 Å². The van der Waals surface area contributed by atoms with Gasteiger partial charge in [-0.3, -0.25) is 0 Å². The maximum atomic E-state index is 11.2. The molecule has 0 radical (unpaired) electrons. The molecule has 2 heterocycles. The van der Waals surface area contributed by atoms with E-state index >= 15 is 0 Å². The first kappa shape index (κ1) is 12.5. The van der Waals surface area contributed by atoms with E-state index < -0.39 is 5.97 Å². The average Bonchev–Trinajstić information content (AvgIpc) is 3.07. The number of rotatable bonds is 4. The van der Waals surface area contributed by atoms with Crippen LogP contribution >= 0.6 is 11.3 Å². The summed E-state index contributed by atoms with van der Waals surface area (Å²) in [5.41, 5.74) is 2.04. The number of nitrogens with zero attached hydrogens (tertiary/aromatic N) is 3. The van der Waals surface area contributed by atoms with E-state index in [2.05, 4.69) is 9.55 Å². The van der Waals surface area contributed by atoms with Crippen LogP contribution in [0.4, 0.5) is 0 Å². The minimum Gasteiger partial charge on any atom is -0.478 e. The molecule has 6 heteroatoms. The predicted octanol–water partition coefficient (Wildman–Crippen LogP) is 3.12. The summed E-state index contributed by atoms with van der Waals surface area (Å²) in [5.74, 6) is 0.653. The van der Waals surface area contributed by atoms with Crippen LogP contribution in [0.5, 0.6) is 0 Å². The van der Waals surface area contributed by atoms with Gasteiger partial charge in [0.25, 0.3) is 0 Å². The van der Waals surface area contributed by atoms with Crippen molar-refractivity contribution in [3.05, 3.63) is 46.2 Å². The highest BCUT2D eigenvalue weighted by Crippen LogP contribution is 2.41. The third kappa shape index (κ3) is 2.21. The highest BCUT2D eigenvalue weighted by molar-refractivity contribution is 7.09. The monoisotopic (exact) mass is 299 g/mol. The van der Waals surface area contributed by atoms with Crippen molar-refractivity contribution in [2.45, 2.75) is 25.3 Å². The topological polar surface area (TPSA) is 68.0 Å². The highest BCUT2D eigenvalue weighted by Gasteiger charge is 2.30.